The van der Waals surface area contributed by atoms with Gasteiger partial charge in [0.25, 0.3) is 0 Å². The van der Waals surface area contributed by atoms with E-state index in [4.69, 9.17) is 9.47 Å². The molecule has 0 bridgehead atoms. The number of nitrogens with one attached hydrogen (secondary N) is 2. The fourth-order valence-electron chi connectivity index (χ4n) is 2.44. The first kappa shape index (κ1) is 15.8. The molecular formula is C16H24N2O3. The van der Waals surface area contributed by atoms with Gasteiger partial charge in [-0.1, -0.05) is 13.0 Å². The molecule has 2 atom stereocenters. The Labute approximate surface area is 126 Å². The Balaban J connectivity index is 1.89. The Morgan fingerprint density at radius 2 is 2.29 bits per heavy atom. The van der Waals surface area contributed by atoms with Gasteiger partial charge in [0.2, 0.25) is 5.91 Å². The van der Waals surface area contributed by atoms with Gasteiger partial charge in [-0.15, -0.1) is 0 Å². The van der Waals surface area contributed by atoms with Crippen molar-refractivity contribution in [1.29, 1.82) is 0 Å². The quantitative estimate of drug-likeness (QED) is 0.788. The van der Waals surface area contributed by atoms with Gasteiger partial charge < -0.3 is 20.1 Å². The monoisotopic (exact) mass is 292 g/mol. The van der Waals surface area contributed by atoms with E-state index < -0.39 is 0 Å². The third-order valence-electron chi connectivity index (χ3n) is 3.64. The molecule has 2 N–H and O–H groups in total. The summed E-state index contributed by atoms with van der Waals surface area (Å²) in [6.07, 6.45) is 2.02. The SMILES string of the molecule is COCCOc1cccc(NC(=O)C2CC(C)CCN2)c1. The van der Waals surface area contributed by atoms with Crippen molar-refractivity contribution in [3.05, 3.63) is 24.3 Å². The van der Waals surface area contributed by atoms with Crippen LogP contribution in [0, 0.1) is 5.92 Å². The average Bonchev–Trinajstić information content (AvgIpc) is 2.48. The fraction of sp³-hybridized carbons (Fsp3) is 0.562. The molecule has 0 aliphatic carbocycles. The number of piperidine rings is 1. The van der Waals surface area contributed by atoms with Gasteiger partial charge in [-0.25, -0.2) is 0 Å². The van der Waals surface area contributed by atoms with Crippen LogP contribution < -0.4 is 15.4 Å². The van der Waals surface area contributed by atoms with Crippen molar-refractivity contribution in [2.45, 2.75) is 25.8 Å². The first-order valence-corrected chi connectivity index (χ1v) is 7.45. The molecule has 1 aliphatic heterocycles. The van der Waals surface area contributed by atoms with Gasteiger partial charge in [0.1, 0.15) is 12.4 Å². The number of anilines is 1. The van der Waals surface area contributed by atoms with Crippen molar-refractivity contribution in [1.82, 2.24) is 5.32 Å². The zero-order valence-corrected chi connectivity index (χ0v) is 12.7. The highest BCUT2D eigenvalue weighted by Crippen LogP contribution is 2.20. The Bertz CT molecular complexity index is 465. The predicted molar refractivity (Wildman–Crippen MR) is 82.6 cm³/mol. The summed E-state index contributed by atoms with van der Waals surface area (Å²) in [5.41, 5.74) is 0.759. The summed E-state index contributed by atoms with van der Waals surface area (Å²) in [4.78, 5) is 12.3. The third kappa shape index (κ3) is 5.02. The molecule has 2 unspecified atom stereocenters. The Morgan fingerprint density at radius 3 is 3.05 bits per heavy atom. The van der Waals surface area contributed by atoms with Crippen LogP contribution in [0.3, 0.4) is 0 Å². The zero-order valence-electron chi connectivity index (χ0n) is 12.7. The minimum absolute atomic E-state index is 0.0237. The lowest BCUT2D eigenvalue weighted by Crippen LogP contribution is -2.45. The van der Waals surface area contributed by atoms with E-state index >= 15 is 0 Å². The highest BCUT2D eigenvalue weighted by atomic mass is 16.5. The molecule has 1 aromatic carbocycles. The maximum atomic E-state index is 12.3. The standard InChI is InChI=1S/C16H24N2O3/c1-12-6-7-17-15(10-12)16(19)18-13-4-3-5-14(11-13)21-9-8-20-2/h3-5,11-12,15,17H,6-10H2,1-2H3,(H,18,19). The molecule has 0 aromatic heterocycles. The molecule has 21 heavy (non-hydrogen) atoms. The smallest absolute Gasteiger partial charge is 0.241 e. The zero-order chi connectivity index (χ0) is 15.1. The molecule has 5 nitrogen and oxygen atoms in total. The topological polar surface area (TPSA) is 59.6 Å². The van der Waals surface area contributed by atoms with Crippen LogP contribution >= 0.6 is 0 Å². The number of amides is 1. The molecule has 5 heteroatoms. The van der Waals surface area contributed by atoms with E-state index in [1.807, 2.05) is 24.3 Å². The van der Waals surface area contributed by atoms with Gasteiger partial charge in [0.15, 0.2) is 0 Å². The summed E-state index contributed by atoms with van der Waals surface area (Å²) < 4.78 is 10.5. The lowest BCUT2D eigenvalue weighted by Gasteiger charge is -2.27. The fourth-order valence-corrected chi connectivity index (χ4v) is 2.44. The van der Waals surface area contributed by atoms with E-state index in [0.717, 1.165) is 30.8 Å². The van der Waals surface area contributed by atoms with Crippen molar-refractivity contribution >= 4 is 11.6 Å². The molecule has 1 fully saturated rings. The molecule has 1 aliphatic rings. The maximum Gasteiger partial charge on any atom is 0.241 e. The second kappa shape index (κ2) is 8.00. The van der Waals surface area contributed by atoms with Crippen LogP contribution in [0.15, 0.2) is 24.3 Å². The minimum atomic E-state index is -0.105. The number of ether oxygens (including phenoxy) is 2. The van der Waals surface area contributed by atoms with Crippen molar-refractivity contribution < 1.29 is 14.3 Å². The number of rotatable bonds is 6. The molecule has 1 amide bonds. The molecule has 1 aromatic rings. The predicted octanol–water partition coefficient (Wildman–Crippen LogP) is 2.04. The molecule has 1 saturated heterocycles. The van der Waals surface area contributed by atoms with E-state index in [1.54, 1.807) is 7.11 Å². The van der Waals surface area contributed by atoms with Crippen LogP contribution in [0.4, 0.5) is 5.69 Å². The van der Waals surface area contributed by atoms with Crippen molar-refractivity contribution in [2.75, 3.05) is 32.2 Å². The largest absolute Gasteiger partial charge is 0.491 e. The lowest BCUT2D eigenvalue weighted by atomic mass is 9.94. The molecular weight excluding hydrogens is 268 g/mol. The molecule has 1 heterocycles. The highest BCUT2D eigenvalue weighted by Gasteiger charge is 2.24. The first-order valence-electron chi connectivity index (χ1n) is 7.45. The van der Waals surface area contributed by atoms with Gasteiger partial charge in [-0.3, -0.25) is 4.79 Å². The van der Waals surface area contributed by atoms with Crippen LogP contribution in [0.1, 0.15) is 19.8 Å². The number of benzene rings is 1. The lowest BCUT2D eigenvalue weighted by molar-refractivity contribution is -0.119. The van der Waals surface area contributed by atoms with Gasteiger partial charge in [0.05, 0.1) is 12.6 Å². The summed E-state index contributed by atoms with van der Waals surface area (Å²) in [6, 6.07) is 7.33. The van der Waals surface area contributed by atoms with E-state index in [0.29, 0.717) is 19.1 Å². The van der Waals surface area contributed by atoms with E-state index in [-0.39, 0.29) is 11.9 Å². The van der Waals surface area contributed by atoms with Gasteiger partial charge >= 0.3 is 0 Å². The Kier molecular flexibility index (Phi) is 6.02. The van der Waals surface area contributed by atoms with E-state index in [1.165, 1.54) is 0 Å². The van der Waals surface area contributed by atoms with Crippen LogP contribution in [-0.2, 0) is 9.53 Å². The summed E-state index contributed by atoms with van der Waals surface area (Å²) in [6.45, 7) is 4.13. The van der Waals surface area contributed by atoms with Crippen LogP contribution in [0.2, 0.25) is 0 Å². The molecule has 0 saturated carbocycles. The second-order valence-corrected chi connectivity index (χ2v) is 5.49. The van der Waals surface area contributed by atoms with Crippen LogP contribution in [-0.4, -0.2) is 38.8 Å². The average molecular weight is 292 g/mol. The summed E-state index contributed by atoms with van der Waals surface area (Å²) in [5, 5.41) is 6.22. The van der Waals surface area contributed by atoms with Crippen molar-refractivity contribution in [3.63, 3.8) is 0 Å². The molecule has 116 valence electrons. The number of hydrogen-bond acceptors (Lipinski definition) is 4. The summed E-state index contributed by atoms with van der Waals surface area (Å²) >= 11 is 0. The number of hydrogen-bond donors (Lipinski definition) is 2. The van der Waals surface area contributed by atoms with Crippen molar-refractivity contribution in [3.8, 4) is 5.75 Å². The Morgan fingerprint density at radius 1 is 1.43 bits per heavy atom. The van der Waals surface area contributed by atoms with Gasteiger partial charge in [0, 0.05) is 18.9 Å². The normalized spacial score (nSPS) is 21.8. The Hall–Kier alpha value is -1.59. The molecule has 2 rings (SSSR count). The van der Waals surface area contributed by atoms with E-state index in [9.17, 15) is 4.79 Å². The van der Waals surface area contributed by atoms with Gasteiger partial charge in [-0.2, -0.15) is 0 Å². The summed E-state index contributed by atoms with van der Waals surface area (Å²) in [7, 11) is 1.64. The first-order chi connectivity index (χ1) is 10.2. The number of carbonyl (C=O) groups is 1. The van der Waals surface area contributed by atoms with Crippen LogP contribution in [0.5, 0.6) is 5.75 Å². The maximum absolute atomic E-state index is 12.3. The summed E-state index contributed by atoms with van der Waals surface area (Å²) in [5.74, 6) is 1.34. The second-order valence-electron chi connectivity index (χ2n) is 5.49. The molecule has 0 spiro atoms. The minimum Gasteiger partial charge on any atom is -0.491 e. The molecule has 0 radical (unpaired) electrons. The van der Waals surface area contributed by atoms with Gasteiger partial charge in [-0.05, 0) is 37.4 Å². The van der Waals surface area contributed by atoms with E-state index in [2.05, 4.69) is 17.6 Å². The van der Waals surface area contributed by atoms with Crippen LogP contribution in [0.25, 0.3) is 0 Å². The number of carbonyl (C=O) groups excluding carboxylic acids is 1. The third-order valence-corrected chi connectivity index (χ3v) is 3.64. The number of methoxy groups -OCH3 is 1. The highest BCUT2D eigenvalue weighted by molar-refractivity contribution is 5.95. The van der Waals surface area contributed by atoms with Crippen molar-refractivity contribution in [2.24, 2.45) is 5.92 Å².